The van der Waals surface area contributed by atoms with Gasteiger partial charge in [-0.05, 0) is 13.8 Å². The van der Waals surface area contributed by atoms with Gasteiger partial charge in [-0.2, -0.15) is 0 Å². The van der Waals surface area contributed by atoms with Crippen molar-refractivity contribution in [1.29, 1.82) is 0 Å². The van der Waals surface area contributed by atoms with Gasteiger partial charge in [0.05, 0.1) is 0 Å². The minimum absolute atomic E-state index is 0.169. The molecule has 3 amide bonds. The van der Waals surface area contributed by atoms with E-state index in [1.54, 1.807) is 13.8 Å². The molecule has 0 spiro atoms. The molecular formula is C11H20N2O4. The zero-order valence-electron chi connectivity index (χ0n) is 10.3. The second-order valence-corrected chi connectivity index (χ2v) is 4.06. The van der Waals surface area contributed by atoms with Crippen molar-refractivity contribution < 1.29 is 19.8 Å². The second-order valence-electron chi connectivity index (χ2n) is 4.06. The average Bonchev–Trinajstić information content (AvgIpc) is 2.49. The molecule has 1 heterocycles. The molecule has 0 saturated carbocycles. The molecular weight excluding hydrogens is 224 g/mol. The predicted octanol–water partition coefficient (Wildman–Crippen LogP) is -0.206. The van der Waals surface area contributed by atoms with Crippen molar-refractivity contribution in [2.45, 2.75) is 32.2 Å². The van der Waals surface area contributed by atoms with Gasteiger partial charge in [0.25, 0.3) is 5.91 Å². The number of imide groups is 1. The Hall–Kier alpha value is -1.14. The third-order valence-electron chi connectivity index (χ3n) is 3.30. The molecule has 1 aliphatic heterocycles. The topological polar surface area (TPSA) is 81.1 Å². The van der Waals surface area contributed by atoms with Crippen LogP contribution in [0.3, 0.4) is 0 Å². The van der Waals surface area contributed by atoms with Gasteiger partial charge >= 0.3 is 6.03 Å². The monoisotopic (exact) mass is 244 g/mol. The second kappa shape index (κ2) is 5.46. The molecule has 2 N–H and O–H groups in total. The molecule has 1 aliphatic rings. The number of amides is 3. The van der Waals surface area contributed by atoms with E-state index >= 15 is 0 Å². The third kappa shape index (κ3) is 2.02. The Morgan fingerprint density at radius 1 is 1.06 bits per heavy atom. The Kier molecular flexibility index (Phi) is 4.47. The number of rotatable bonds is 6. The molecule has 0 aliphatic carbocycles. The first-order chi connectivity index (χ1) is 8.08. The molecule has 0 atom stereocenters. The molecule has 0 aromatic rings. The van der Waals surface area contributed by atoms with Crippen LogP contribution in [0, 0.1) is 0 Å². The summed E-state index contributed by atoms with van der Waals surface area (Å²) < 4.78 is 0. The first-order valence-corrected chi connectivity index (χ1v) is 5.94. The van der Waals surface area contributed by atoms with Gasteiger partial charge in [0.2, 0.25) is 0 Å². The van der Waals surface area contributed by atoms with Crippen molar-refractivity contribution in [3.8, 4) is 0 Å². The van der Waals surface area contributed by atoms with Crippen LogP contribution in [0.25, 0.3) is 0 Å². The summed E-state index contributed by atoms with van der Waals surface area (Å²) in [5.74, 6) is -0.310. The minimum atomic E-state index is -1.06. The highest BCUT2D eigenvalue weighted by molar-refractivity contribution is 6.07. The van der Waals surface area contributed by atoms with E-state index < -0.39 is 5.54 Å². The number of carbonyl (C=O) groups excluding carboxylic acids is 2. The lowest BCUT2D eigenvalue weighted by molar-refractivity contribution is -0.134. The summed E-state index contributed by atoms with van der Waals surface area (Å²) in [6, 6.07) is -0.332. The Morgan fingerprint density at radius 3 is 1.94 bits per heavy atom. The summed E-state index contributed by atoms with van der Waals surface area (Å²) >= 11 is 0. The first-order valence-electron chi connectivity index (χ1n) is 5.94. The number of aliphatic hydroxyl groups excluding tert-OH is 2. The van der Waals surface area contributed by atoms with Crippen LogP contribution in [-0.4, -0.2) is 63.8 Å². The lowest BCUT2D eigenvalue weighted by atomic mass is 9.90. The van der Waals surface area contributed by atoms with Crippen LogP contribution in [0.1, 0.15) is 26.7 Å². The zero-order chi connectivity index (χ0) is 13.1. The molecule has 0 aromatic heterocycles. The summed E-state index contributed by atoms with van der Waals surface area (Å²) in [7, 11) is 0. The van der Waals surface area contributed by atoms with Gasteiger partial charge in [-0.1, -0.05) is 0 Å². The largest absolute Gasteiger partial charge is 0.396 e. The van der Waals surface area contributed by atoms with Gasteiger partial charge in [0.1, 0.15) is 5.54 Å². The molecule has 6 heteroatoms. The van der Waals surface area contributed by atoms with E-state index in [0.717, 1.165) is 0 Å². The van der Waals surface area contributed by atoms with Crippen molar-refractivity contribution in [1.82, 2.24) is 9.80 Å². The van der Waals surface area contributed by atoms with Crippen molar-refractivity contribution in [3.63, 3.8) is 0 Å². The molecule has 0 bridgehead atoms. The van der Waals surface area contributed by atoms with E-state index in [4.69, 9.17) is 10.2 Å². The number of likely N-dealkylation sites (N-methyl/N-ethyl adjacent to an activating group) is 2. The number of nitrogens with zero attached hydrogens (tertiary/aromatic N) is 2. The van der Waals surface area contributed by atoms with Crippen LogP contribution >= 0.6 is 0 Å². The van der Waals surface area contributed by atoms with Gasteiger partial charge in [0.15, 0.2) is 0 Å². The number of urea groups is 1. The number of carbonyl (C=O) groups is 2. The first kappa shape index (κ1) is 13.9. The Labute approximate surface area is 101 Å². The van der Waals surface area contributed by atoms with Gasteiger partial charge in [-0.3, -0.25) is 9.69 Å². The number of hydrogen-bond acceptors (Lipinski definition) is 4. The third-order valence-corrected chi connectivity index (χ3v) is 3.30. The molecule has 0 unspecified atom stereocenters. The van der Waals surface area contributed by atoms with Crippen molar-refractivity contribution >= 4 is 11.9 Å². The highest BCUT2D eigenvalue weighted by atomic mass is 16.3. The molecule has 1 saturated heterocycles. The minimum Gasteiger partial charge on any atom is -0.396 e. The molecule has 1 rings (SSSR count). The summed E-state index contributed by atoms with van der Waals surface area (Å²) in [6.45, 7) is 3.85. The molecule has 98 valence electrons. The summed E-state index contributed by atoms with van der Waals surface area (Å²) in [6.07, 6.45) is 0.338. The number of aliphatic hydroxyl groups is 2. The lowest BCUT2D eigenvalue weighted by Crippen LogP contribution is -2.51. The van der Waals surface area contributed by atoms with Crippen LogP contribution in [0.5, 0.6) is 0 Å². The average molecular weight is 244 g/mol. The Morgan fingerprint density at radius 2 is 1.59 bits per heavy atom. The fraction of sp³-hybridized carbons (Fsp3) is 0.818. The fourth-order valence-corrected chi connectivity index (χ4v) is 2.48. The maximum Gasteiger partial charge on any atom is 0.327 e. The highest BCUT2D eigenvalue weighted by Crippen LogP contribution is 2.33. The molecule has 0 radical (unpaired) electrons. The van der Waals surface area contributed by atoms with E-state index in [9.17, 15) is 9.59 Å². The highest BCUT2D eigenvalue weighted by Gasteiger charge is 2.55. The quantitative estimate of drug-likeness (QED) is 0.634. The Balaban J connectivity index is 3.14. The van der Waals surface area contributed by atoms with Crippen molar-refractivity contribution in [3.05, 3.63) is 0 Å². The standard InChI is InChI=1S/C11H20N2O4/c1-3-12-9(16)11(5-7-14,6-8-15)13(4-2)10(12)17/h14-15H,3-8H2,1-2H3. The van der Waals surface area contributed by atoms with E-state index in [2.05, 4.69) is 0 Å². The van der Waals surface area contributed by atoms with Gasteiger partial charge in [-0.25, -0.2) is 4.79 Å². The molecule has 1 fully saturated rings. The van der Waals surface area contributed by atoms with Gasteiger partial charge < -0.3 is 15.1 Å². The summed E-state index contributed by atoms with van der Waals surface area (Å²) in [4.78, 5) is 26.9. The maximum atomic E-state index is 12.3. The van der Waals surface area contributed by atoms with Crippen LogP contribution < -0.4 is 0 Å². The summed E-state index contributed by atoms with van der Waals surface area (Å²) in [5, 5.41) is 18.2. The predicted molar refractivity (Wildman–Crippen MR) is 61.3 cm³/mol. The fourth-order valence-electron chi connectivity index (χ4n) is 2.48. The normalized spacial score (nSPS) is 19.3. The van der Waals surface area contributed by atoms with E-state index in [1.807, 2.05) is 0 Å². The van der Waals surface area contributed by atoms with Gasteiger partial charge in [-0.15, -0.1) is 0 Å². The molecule has 6 nitrogen and oxygen atoms in total. The lowest BCUT2D eigenvalue weighted by Gasteiger charge is -2.33. The van der Waals surface area contributed by atoms with Crippen LogP contribution in [0.2, 0.25) is 0 Å². The Bertz CT molecular complexity index is 300. The van der Waals surface area contributed by atoms with Crippen molar-refractivity contribution in [2.75, 3.05) is 26.3 Å². The van der Waals surface area contributed by atoms with Crippen LogP contribution in [0.15, 0.2) is 0 Å². The smallest absolute Gasteiger partial charge is 0.327 e. The van der Waals surface area contributed by atoms with Crippen LogP contribution in [0.4, 0.5) is 4.79 Å². The number of hydrogen-bond donors (Lipinski definition) is 2. The van der Waals surface area contributed by atoms with E-state index in [-0.39, 0.29) is 38.0 Å². The SMILES string of the molecule is CCN1C(=O)N(CC)C(CCO)(CCO)C1=O. The maximum absolute atomic E-state index is 12.3. The molecule has 17 heavy (non-hydrogen) atoms. The van der Waals surface area contributed by atoms with Crippen LogP contribution in [-0.2, 0) is 4.79 Å². The summed E-state index contributed by atoms with van der Waals surface area (Å²) in [5.41, 5.74) is -1.06. The van der Waals surface area contributed by atoms with Gasteiger partial charge in [0, 0.05) is 39.1 Å². The zero-order valence-corrected chi connectivity index (χ0v) is 10.3. The van der Waals surface area contributed by atoms with E-state index in [1.165, 1.54) is 9.80 Å². The van der Waals surface area contributed by atoms with E-state index in [0.29, 0.717) is 13.1 Å². The van der Waals surface area contributed by atoms with Crippen molar-refractivity contribution in [2.24, 2.45) is 0 Å². The molecule has 0 aromatic carbocycles.